The van der Waals surface area contributed by atoms with E-state index in [0.29, 0.717) is 12.0 Å². The van der Waals surface area contributed by atoms with Crippen molar-refractivity contribution in [3.8, 4) is 0 Å². The fourth-order valence-corrected chi connectivity index (χ4v) is 3.08. The molecule has 0 spiro atoms. The molecular weight excluding hydrogens is 242 g/mol. The van der Waals surface area contributed by atoms with Gasteiger partial charge in [0.25, 0.3) is 0 Å². The number of nitrogens with one attached hydrogen (secondary N) is 1. The van der Waals surface area contributed by atoms with Crippen molar-refractivity contribution in [2.45, 2.75) is 51.3 Å². The van der Waals surface area contributed by atoms with E-state index in [1.807, 2.05) is 0 Å². The maximum Gasteiger partial charge on any atom is 0.0868 e. The van der Waals surface area contributed by atoms with Gasteiger partial charge in [-0.1, -0.05) is 0 Å². The molecule has 2 heterocycles. The molecule has 2 aliphatic rings. The second kappa shape index (κ2) is 7.55. The zero-order valence-electron chi connectivity index (χ0n) is 12.3. The Labute approximate surface area is 116 Å². The molecule has 0 aliphatic carbocycles. The average Bonchev–Trinajstić information content (AvgIpc) is 2.46. The van der Waals surface area contributed by atoms with Gasteiger partial charge in [-0.3, -0.25) is 16.2 Å². The van der Waals surface area contributed by atoms with E-state index in [0.717, 1.165) is 52.2 Å². The lowest BCUT2D eigenvalue weighted by Crippen LogP contribution is -2.55. The van der Waals surface area contributed by atoms with E-state index in [2.05, 4.69) is 24.2 Å². The number of ether oxygens (including phenoxy) is 2. The smallest absolute Gasteiger partial charge is 0.0868 e. The first-order valence-corrected chi connectivity index (χ1v) is 7.60. The van der Waals surface area contributed by atoms with Crippen LogP contribution in [0.4, 0.5) is 0 Å². The Bertz CT molecular complexity index is 257. The van der Waals surface area contributed by atoms with Gasteiger partial charge in [0.1, 0.15) is 0 Å². The molecule has 2 rings (SSSR count). The van der Waals surface area contributed by atoms with E-state index in [9.17, 15) is 0 Å². The van der Waals surface area contributed by atoms with E-state index < -0.39 is 0 Å². The Morgan fingerprint density at radius 1 is 1.26 bits per heavy atom. The average molecular weight is 271 g/mol. The van der Waals surface area contributed by atoms with Crippen LogP contribution in [0.1, 0.15) is 33.1 Å². The number of hydrogen-bond acceptors (Lipinski definition) is 5. The molecule has 112 valence electrons. The molecule has 2 saturated heterocycles. The van der Waals surface area contributed by atoms with Crippen molar-refractivity contribution in [1.29, 1.82) is 0 Å². The lowest BCUT2D eigenvalue weighted by atomic mass is 9.90. The summed E-state index contributed by atoms with van der Waals surface area (Å²) in [7, 11) is 0. The standard InChI is InChI=1S/C14H29N3O2/c1-11(2)17-5-8-19-14(10-17)13(16-15)9-12-3-6-18-7-4-12/h11-14,16H,3-10,15H2,1-2H3. The number of nitrogens with two attached hydrogens (primary N) is 1. The van der Waals surface area contributed by atoms with E-state index in [-0.39, 0.29) is 12.1 Å². The van der Waals surface area contributed by atoms with Gasteiger partial charge < -0.3 is 9.47 Å². The minimum atomic E-state index is 0.212. The molecular formula is C14H29N3O2. The minimum absolute atomic E-state index is 0.212. The number of hydrogen-bond donors (Lipinski definition) is 2. The predicted octanol–water partition coefficient (Wildman–Crippen LogP) is 0.744. The molecule has 0 saturated carbocycles. The first kappa shape index (κ1) is 15.2. The van der Waals surface area contributed by atoms with Crippen LogP contribution < -0.4 is 11.3 Å². The SMILES string of the molecule is CC(C)N1CCOC(C(CC2CCOCC2)NN)C1. The second-order valence-electron chi connectivity index (χ2n) is 6.06. The van der Waals surface area contributed by atoms with Crippen LogP contribution >= 0.6 is 0 Å². The van der Waals surface area contributed by atoms with E-state index in [1.54, 1.807) is 0 Å². The monoisotopic (exact) mass is 271 g/mol. The fraction of sp³-hybridized carbons (Fsp3) is 1.00. The second-order valence-corrected chi connectivity index (χ2v) is 6.06. The van der Waals surface area contributed by atoms with Crippen LogP contribution in [0.25, 0.3) is 0 Å². The highest BCUT2D eigenvalue weighted by atomic mass is 16.5. The molecule has 0 aromatic rings. The highest BCUT2D eigenvalue weighted by Crippen LogP contribution is 2.23. The molecule has 19 heavy (non-hydrogen) atoms. The Morgan fingerprint density at radius 3 is 2.63 bits per heavy atom. The summed E-state index contributed by atoms with van der Waals surface area (Å²) >= 11 is 0. The lowest BCUT2D eigenvalue weighted by molar-refractivity contribution is -0.0613. The number of morpholine rings is 1. The van der Waals surface area contributed by atoms with Crippen molar-refractivity contribution in [3.05, 3.63) is 0 Å². The molecule has 2 fully saturated rings. The van der Waals surface area contributed by atoms with Gasteiger partial charge in [0, 0.05) is 38.4 Å². The highest BCUT2D eigenvalue weighted by molar-refractivity contribution is 4.85. The Hall–Kier alpha value is -0.200. The molecule has 0 aromatic heterocycles. The quantitative estimate of drug-likeness (QED) is 0.571. The summed E-state index contributed by atoms with van der Waals surface area (Å²) in [6.07, 6.45) is 3.61. The van der Waals surface area contributed by atoms with Gasteiger partial charge in [-0.15, -0.1) is 0 Å². The summed E-state index contributed by atoms with van der Waals surface area (Å²) < 4.78 is 11.4. The third kappa shape index (κ3) is 4.39. The largest absolute Gasteiger partial charge is 0.381 e. The Kier molecular flexibility index (Phi) is 6.04. The van der Waals surface area contributed by atoms with Crippen molar-refractivity contribution in [2.24, 2.45) is 11.8 Å². The summed E-state index contributed by atoms with van der Waals surface area (Å²) in [4.78, 5) is 2.47. The van der Waals surface area contributed by atoms with Crippen LogP contribution in [0.2, 0.25) is 0 Å². The van der Waals surface area contributed by atoms with Crippen LogP contribution in [0, 0.1) is 5.92 Å². The molecule has 2 atom stereocenters. The van der Waals surface area contributed by atoms with Crippen molar-refractivity contribution in [3.63, 3.8) is 0 Å². The first-order valence-electron chi connectivity index (χ1n) is 7.60. The van der Waals surface area contributed by atoms with Crippen LogP contribution in [0.5, 0.6) is 0 Å². The molecule has 0 bridgehead atoms. The van der Waals surface area contributed by atoms with Crippen molar-refractivity contribution in [1.82, 2.24) is 10.3 Å². The van der Waals surface area contributed by atoms with Gasteiger partial charge >= 0.3 is 0 Å². The number of rotatable bonds is 5. The lowest BCUT2D eigenvalue weighted by Gasteiger charge is -2.39. The van der Waals surface area contributed by atoms with E-state index >= 15 is 0 Å². The van der Waals surface area contributed by atoms with Crippen molar-refractivity contribution >= 4 is 0 Å². The molecule has 5 heteroatoms. The highest BCUT2D eigenvalue weighted by Gasteiger charge is 2.30. The number of hydrazine groups is 1. The van der Waals surface area contributed by atoms with Crippen molar-refractivity contribution in [2.75, 3.05) is 32.9 Å². The number of nitrogens with zero attached hydrogens (tertiary/aromatic N) is 1. The minimum Gasteiger partial charge on any atom is -0.381 e. The summed E-state index contributed by atoms with van der Waals surface area (Å²) in [5, 5.41) is 0. The summed E-state index contributed by atoms with van der Waals surface area (Å²) in [5.41, 5.74) is 2.99. The molecule has 2 unspecified atom stereocenters. The Morgan fingerprint density at radius 2 is 2.00 bits per heavy atom. The van der Waals surface area contributed by atoms with Crippen molar-refractivity contribution < 1.29 is 9.47 Å². The summed E-state index contributed by atoms with van der Waals surface area (Å²) in [6, 6.07) is 0.831. The molecule has 3 N–H and O–H groups in total. The Balaban J connectivity index is 1.85. The van der Waals surface area contributed by atoms with Crippen LogP contribution in [-0.2, 0) is 9.47 Å². The third-order valence-corrected chi connectivity index (χ3v) is 4.45. The van der Waals surface area contributed by atoms with Gasteiger partial charge in [-0.2, -0.15) is 0 Å². The normalized spacial score (nSPS) is 28.7. The van der Waals surface area contributed by atoms with Gasteiger partial charge in [-0.05, 0) is 39.0 Å². The molecule has 5 nitrogen and oxygen atoms in total. The molecule has 2 aliphatic heterocycles. The predicted molar refractivity (Wildman–Crippen MR) is 75.7 cm³/mol. The first-order chi connectivity index (χ1) is 9.20. The van der Waals surface area contributed by atoms with Crippen LogP contribution in [-0.4, -0.2) is 56.0 Å². The topological polar surface area (TPSA) is 59.8 Å². The van der Waals surface area contributed by atoms with Crippen LogP contribution in [0.3, 0.4) is 0 Å². The zero-order chi connectivity index (χ0) is 13.7. The van der Waals surface area contributed by atoms with Gasteiger partial charge in [-0.25, -0.2) is 0 Å². The van der Waals surface area contributed by atoms with E-state index in [1.165, 1.54) is 0 Å². The fourth-order valence-electron chi connectivity index (χ4n) is 3.08. The summed E-state index contributed by atoms with van der Waals surface area (Å²) in [6.45, 7) is 9.10. The van der Waals surface area contributed by atoms with Gasteiger partial charge in [0.05, 0.1) is 12.7 Å². The van der Waals surface area contributed by atoms with Crippen LogP contribution in [0.15, 0.2) is 0 Å². The zero-order valence-corrected chi connectivity index (χ0v) is 12.3. The maximum atomic E-state index is 5.94. The molecule has 0 aromatic carbocycles. The third-order valence-electron chi connectivity index (χ3n) is 4.45. The summed E-state index contributed by atoms with van der Waals surface area (Å²) in [5.74, 6) is 6.48. The van der Waals surface area contributed by atoms with E-state index in [4.69, 9.17) is 15.3 Å². The van der Waals surface area contributed by atoms with Gasteiger partial charge in [0.2, 0.25) is 0 Å². The van der Waals surface area contributed by atoms with Gasteiger partial charge in [0.15, 0.2) is 0 Å². The molecule has 0 amide bonds. The molecule has 0 radical (unpaired) electrons. The maximum absolute atomic E-state index is 5.94.